The molecular weight excluding hydrogens is 100 g/mol. The van der Waals surface area contributed by atoms with Gasteiger partial charge in [0.15, 0.2) is 0 Å². The molecule has 0 aliphatic carbocycles. The van der Waals surface area contributed by atoms with Crippen LogP contribution >= 0.6 is 0 Å². The van der Waals surface area contributed by atoms with Gasteiger partial charge in [0.2, 0.25) is 0 Å². The molecule has 2 nitrogen and oxygen atoms in total. The minimum absolute atomic E-state index is 0.986. The van der Waals surface area contributed by atoms with E-state index in [2.05, 4.69) is 10.2 Å². The molecular formula is C6H13N2+. The van der Waals surface area contributed by atoms with Crippen molar-refractivity contribution in [2.24, 2.45) is 0 Å². The maximum atomic E-state index is 2.53. The third-order valence-electron chi connectivity index (χ3n) is 2.33. The Kier molecular flexibility index (Phi) is 1.02. The monoisotopic (exact) mass is 113 g/mol. The molecule has 3 saturated heterocycles. The fourth-order valence-electron chi connectivity index (χ4n) is 1.67. The van der Waals surface area contributed by atoms with Crippen LogP contribution in [0.25, 0.3) is 0 Å². The fraction of sp³-hybridized carbons (Fsp3) is 1.00. The zero-order chi connectivity index (χ0) is 5.40. The van der Waals surface area contributed by atoms with Crippen molar-refractivity contribution >= 4 is 0 Å². The number of piperidine rings is 1. The Labute approximate surface area is 49.9 Å². The van der Waals surface area contributed by atoms with Gasteiger partial charge in [0.1, 0.15) is 6.67 Å². The smallest absolute Gasteiger partial charge is 0.132 e. The summed E-state index contributed by atoms with van der Waals surface area (Å²) < 4.78 is 0. The summed E-state index contributed by atoms with van der Waals surface area (Å²) in [5, 5.41) is 2.47. The van der Waals surface area contributed by atoms with E-state index in [1.165, 1.54) is 32.6 Å². The van der Waals surface area contributed by atoms with Crippen LogP contribution in [0.3, 0.4) is 0 Å². The van der Waals surface area contributed by atoms with Crippen molar-refractivity contribution < 1.29 is 5.32 Å². The number of fused-ring (bicyclic) bond motifs is 3. The molecule has 3 fully saturated rings. The second kappa shape index (κ2) is 1.71. The second-order valence-corrected chi connectivity index (χ2v) is 2.87. The summed E-state index contributed by atoms with van der Waals surface area (Å²) >= 11 is 0. The van der Waals surface area contributed by atoms with Crippen molar-refractivity contribution in [3.63, 3.8) is 0 Å². The Bertz CT molecular complexity index is 61.5. The maximum absolute atomic E-state index is 2.53. The molecule has 3 heterocycles. The number of nitrogens with zero attached hydrogens (tertiary/aromatic N) is 1. The number of hydrogen-bond acceptors (Lipinski definition) is 1. The van der Waals surface area contributed by atoms with E-state index in [0.29, 0.717) is 0 Å². The number of nitrogens with two attached hydrogens (primary N) is 1. The van der Waals surface area contributed by atoms with Crippen LogP contribution < -0.4 is 5.32 Å². The molecule has 2 heteroatoms. The normalized spacial score (nSPS) is 45.0. The number of quaternary nitrogens is 1. The molecule has 0 unspecified atom stereocenters. The molecule has 3 aliphatic heterocycles. The molecule has 0 radical (unpaired) electrons. The van der Waals surface area contributed by atoms with Gasteiger partial charge in [-0.3, -0.25) is 4.90 Å². The first-order valence-electron chi connectivity index (χ1n) is 3.51. The van der Waals surface area contributed by atoms with E-state index in [9.17, 15) is 0 Å². The summed E-state index contributed by atoms with van der Waals surface area (Å²) in [7, 11) is 0. The predicted molar refractivity (Wildman–Crippen MR) is 31.4 cm³/mol. The van der Waals surface area contributed by atoms with E-state index in [4.69, 9.17) is 0 Å². The molecule has 0 spiro atoms. The minimum atomic E-state index is 0.986. The molecule has 0 atom stereocenters. The van der Waals surface area contributed by atoms with Gasteiger partial charge in [0, 0.05) is 25.9 Å². The van der Waals surface area contributed by atoms with Crippen molar-refractivity contribution in [3.05, 3.63) is 0 Å². The lowest BCUT2D eigenvalue weighted by molar-refractivity contribution is -0.725. The van der Waals surface area contributed by atoms with Crippen molar-refractivity contribution in [2.75, 3.05) is 19.8 Å². The molecule has 2 N–H and O–H groups in total. The van der Waals surface area contributed by atoms with Crippen LogP contribution in [0.4, 0.5) is 0 Å². The van der Waals surface area contributed by atoms with Crippen molar-refractivity contribution in [1.29, 1.82) is 0 Å². The Hall–Kier alpha value is -0.0800. The first-order valence-corrected chi connectivity index (χ1v) is 3.51. The maximum Gasteiger partial charge on any atom is 0.132 e. The first-order chi connectivity index (χ1) is 3.95. The lowest BCUT2D eigenvalue weighted by atomic mass is 10.0. The van der Waals surface area contributed by atoms with Gasteiger partial charge in [0.25, 0.3) is 0 Å². The summed E-state index contributed by atoms with van der Waals surface area (Å²) in [6, 6.07) is 0.986. The van der Waals surface area contributed by atoms with Crippen LogP contribution in [0.2, 0.25) is 0 Å². The number of hydrogen-bond donors (Lipinski definition) is 1. The van der Waals surface area contributed by atoms with Gasteiger partial charge < -0.3 is 5.32 Å². The van der Waals surface area contributed by atoms with Gasteiger partial charge in [0.05, 0.1) is 6.04 Å². The molecule has 0 amide bonds. The highest BCUT2D eigenvalue weighted by molar-refractivity contribution is 4.71. The quantitative estimate of drug-likeness (QED) is 0.426. The van der Waals surface area contributed by atoms with Gasteiger partial charge in [-0.25, -0.2) is 0 Å². The van der Waals surface area contributed by atoms with Crippen LogP contribution in [-0.2, 0) is 0 Å². The van der Waals surface area contributed by atoms with E-state index >= 15 is 0 Å². The largest absolute Gasteiger partial charge is 0.331 e. The molecule has 2 bridgehead atoms. The van der Waals surface area contributed by atoms with Gasteiger partial charge in [-0.1, -0.05) is 0 Å². The lowest BCUT2D eigenvalue weighted by Gasteiger charge is -2.36. The SMILES string of the molecule is C1CN2CCC1[NH2+]C2. The number of rotatable bonds is 0. The molecule has 0 aromatic rings. The van der Waals surface area contributed by atoms with Crippen molar-refractivity contribution in [1.82, 2.24) is 4.90 Å². The van der Waals surface area contributed by atoms with Crippen molar-refractivity contribution in [3.8, 4) is 0 Å². The van der Waals surface area contributed by atoms with E-state index in [1.807, 2.05) is 0 Å². The van der Waals surface area contributed by atoms with Crippen LogP contribution in [-0.4, -0.2) is 30.7 Å². The second-order valence-electron chi connectivity index (χ2n) is 2.87. The third kappa shape index (κ3) is 0.644. The lowest BCUT2D eigenvalue weighted by Crippen LogP contribution is -2.97. The van der Waals surface area contributed by atoms with Crippen LogP contribution in [0, 0.1) is 0 Å². The summed E-state index contributed by atoms with van der Waals surface area (Å²) in [4.78, 5) is 2.53. The van der Waals surface area contributed by atoms with Gasteiger partial charge in [-0.05, 0) is 0 Å². The van der Waals surface area contributed by atoms with Gasteiger partial charge >= 0.3 is 0 Å². The summed E-state index contributed by atoms with van der Waals surface area (Å²) in [6.45, 7) is 3.99. The van der Waals surface area contributed by atoms with Crippen molar-refractivity contribution in [2.45, 2.75) is 18.9 Å². The highest BCUT2D eigenvalue weighted by Crippen LogP contribution is 2.08. The molecule has 0 aromatic heterocycles. The van der Waals surface area contributed by atoms with Crippen LogP contribution in [0.1, 0.15) is 12.8 Å². The standard InChI is InChI=1S/C6H12N2/c1-3-8-4-2-6(1)7-5-8/h6-7H,1-5H2/p+1. The van der Waals surface area contributed by atoms with E-state index in [1.54, 1.807) is 0 Å². The Morgan fingerprint density at radius 2 is 2.00 bits per heavy atom. The molecule has 3 aliphatic rings. The van der Waals surface area contributed by atoms with E-state index in [0.717, 1.165) is 6.04 Å². The molecule has 0 saturated carbocycles. The average molecular weight is 113 g/mol. The highest BCUT2D eigenvalue weighted by Gasteiger charge is 2.27. The molecule has 0 aromatic carbocycles. The van der Waals surface area contributed by atoms with Gasteiger partial charge in [-0.15, -0.1) is 0 Å². The van der Waals surface area contributed by atoms with Crippen LogP contribution in [0.15, 0.2) is 0 Å². The summed E-state index contributed by atoms with van der Waals surface area (Å²) in [5.74, 6) is 0. The molecule has 46 valence electrons. The molecule has 3 rings (SSSR count). The third-order valence-corrected chi connectivity index (χ3v) is 2.33. The average Bonchev–Trinajstić information content (AvgIpc) is 1.92. The molecule has 8 heavy (non-hydrogen) atoms. The fourth-order valence-corrected chi connectivity index (χ4v) is 1.67. The topological polar surface area (TPSA) is 19.9 Å². The van der Waals surface area contributed by atoms with Gasteiger partial charge in [-0.2, -0.15) is 0 Å². The minimum Gasteiger partial charge on any atom is -0.331 e. The summed E-state index contributed by atoms with van der Waals surface area (Å²) in [6.07, 6.45) is 2.86. The van der Waals surface area contributed by atoms with E-state index < -0.39 is 0 Å². The summed E-state index contributed by atoms with van der Waals surface area (Å²) in [5.41, 5.74) is 0. The zero-order valence-corrected chi connectivity index (χ0v) is 5.14. The predicted octanol–water partition coefficient (Wildman–Crippen LogP) is -1.01. The first kappa shape index (κ1) is 4.77. The van der Waals surface area contributed by atoms with E-state index in [-0.39, 0.29) is 0 Å². The van der Waals surface area contributed by atoms with Crippen LogP contribution in [0.5, 0.6) is 0 Å². The Morgan fingerprint density at radius 1 is 1.25 bits per heavy atom. The zero-order valence-electron chi connectivity index (χ0n) is 5.14. The Morgan fingerprint density at radius 3 is 2.12 bits per heavy atom. The Balaban J connectivity index is 2.03. The highest BCUT2D eigenvalue weighted by atomic mass is 15.3.